The molecule has 2 atom stereocenters. The Labute approximate surface area is 251 Å². The van der Waals surface area contributed by atoms with E-state index < -0.39 is 17.1 Å². The monoisotopic (exact) mass is 601 g/mol. The highest BCUT2D eigenvalue weighted by atomic mass is 35.5. The van der Waals surface area contributed by atoms with Crippen LogP contribution < -0.4 is 0 Å². The van der Waals surface area contributed by atoms with E-state index in [2.05, 4.69) is 25.7 Å². The zero-order chi connectivity index (χ0) is 29.6. The molecule has 2 unspecified atom stereocenters. The summed E-state index contributed by atoms with van der Waals surface area (Å²) in [7, 11) is 0. The Balaban J connectivity index is 1.80. The van der Waals surface area contributed by atoms with Crippen molar-refractivity contribution >= 4 is 52.0 Å². The molecule has 214 valence electrons. The van der Waals surface area contributed by atoms with E-state index in [1.807, 2.05) is 83.1 Å². The van der Waals surface area contributed by atoms with E-state index in [4.69, 9.17) is 32.9 Å². The number of allylic oxidation sites excluding steroid dienone is 1. The van der Waals surface area contributed by atoms with Crippen molar-refractivity contribution in [2.75, 3.05) is 6.54 Å². The molecular weight excluding hydrogens is 565 g/mol. The fourth-order valence-corrected chi connectivity index (χ4v) is 6.81. The van der Waals surface area contributed by atoms with E-state index >= 15 is 0 Å². The van der Waals surface area contributed by atoms with Crippen LogP contribution in [0.15, 0.2) is 64.1 Å². The summed E-state index contributed by atoms with van der Waals surface area (Å²) in [4.78, 5) is 36.5. The predicted molar refractivity (Wildman–Crippen MR) is 164 cm³/mol. The molecule has 4 rings (SSSR count). The Hall–Kier alpha value is -2.48. The number of ether oxygens (including phenoxy) is 1. The SMILES string of the molecule is CC(C)C1=C(C(=O)N(CC(=O)OC(C)(C)C)C(C)C)SC2=NC(C)(c3ccc(Cl)cc3)C(c3ccc(Cl)cc3)N21. The van der Waals surface area contributed by atoms with Crippen molar-refractivity contribution in [2.45, 2.75) is 78.6 Å². The van der Waals surface area contributed by atoms with Gasteiger partial charge in [-0.2, -0.15) is 0 Å². The first-order valence-electron chi connectivity index (χ1n) is 13.5. The van der Waals surface area contributed by atoms with Crippen molar-refractivity contribution in [1.29, 1.82) is 0 Å². The van der Waals surface area contributed by atoms with Gasteiger partial charge in [0.15, 0.2) is 5.17 Å². The van der Waals surface area contributed by atoms with Gasteiger partial charge in [-0.1, -0.05) is 61.3 Å². The van der Waals surface area contributed by atoms with Crippen LogP contribution in [0, 0.1) is 5.92 Å². The van der Waals surface area contributed by atoms with Gasteiger partial charge in [-0.05, 0) is 94.6 Å². The first-order chi connectivity index (χ1) is 18.6. The van der Waals surface area contributed by atoms with E-state index in [9.17, 15) is 9.59 Å². The van der Waals surface area contributed by atoms with Gasteiger partial charge in [0.2, 0.25) is 0 Å². The van der Waals surface area contributed by atoms with Crippen LogP contribution >= 0.6 is 35.0 Å². The first-order valence-corrected chi connectivity index (χ1v) is 15.0. The standard InChI is InChI=1S/C31H37Cl2N3O3S/c1-18(2)25-26(28(38)35(19(3)4)17-24(37)39-30(5,6)7)40-29-34-31(8,21-11-15-23(33)16-12-21)27(36(25)29)20-9-13-22(32)14-10-20/h9-16,18-19,27H,17H2,1-8H3. The maximum Gasteiger partial charge on any atom is 0.326 e. The zero-order valence-electron chi connectivity index (χ0n) is 24.3. The molecule has 0 spiro atoms. The Bertz CT molecular complexity index is 1350. The zero-order valence-corrected chi connectivity index (χ0v) is 26.6. The van der Waals surface area contributed by atoms with Crippen molar-refractivity contribution in [1.82, 2.24) is 9.80 Å². The molecule has 2 aliphatic heterocycles. The lowest BCUT2D eigenvalue weighted by Gasteiger charge is -2.37. The van der Waals surface area contributed by atoms with Crippen LogP contribution in [0.3, 0.4) is 0 Å². The van der Waals surface area contributed by atoms with E-state index in [1.54, 1.807) is 4.90 Å². The molecule has 2 aromatic rings. The van der Waals surface area contributed by atoms with Crippen LogP contribution in [0.4, 0.5) is 0 Å². The second-order valence-electron chi connectivity index (χ2n) is 12.0. The van der Waals surface area contributed by atoms with Crippen molar-refractivity contribution in [3.05, 3.63) is 80.3 Å². The maximum absolute atomic E-state index is 14.1. The fraction of sp³-hybridized carbons (Fsp3) is 0.452. The van der Waals surface area contributed by atoms with Crippen LogP contribution in [0.1, 0.15) is 72.6 Å². The number of hydrogen-bond acceptors (Lipinski definition) is 6. The quantitative estimate of drug-likeness (QED) is 0.303. The van der Waals surface area contributed by atoms with E-state index in [-0.39, 0.29) is 30.5 Å². The largest absolute Gasteiger partial charge is 0.459 e. The summed E-state index contributed by atoms with van der Waals surface area (Å²) >= 11 is 13.9. The highest BCUT2D eigenvalue weighted by Gasteiger charge is 2.53. The first kappa shape index (κ1) is 30.5. The molecule has 0 saturated carbocycles. The van der Waals surface area contributed by atoms with E-state index in [0.29, 0.717) is 15.0 Å². The molecule has 0 aliphatic carbocycles. The van der Waals surface area contributed by atoms with Crippen LogP contribution in [-0.2, 0) is 19.9 Å². The van der Waals surface area contributed by atoms with Crippen molar-refractivity contribution < 1.29 is 14.3 Å². The number of amidine groups is 1. The van der Waals surface area contributed by atoms with Gasteiger partial charge in [-0.25, -0.2) is 4.99 Å². The molecular formula is C31H37Cl2N3O3S. The van der Waals surface area contributed by atoms with Gasteiger partial charge in [0.1, 0.15) is 22.6 Å². The molecule has 0 radical (unpaired) electrons. The number of thioether (sulfide) groups is 1. The minimum absolute atomic E-state index is 0.0112. The minimum Gasteiger partial charge on any atom is -0.459 e. The number of hydrogen-bond donors (Lipinski definition) is 0. The highest BCUT2D eigenvalue weighted by molar-refractivity contribution is 8.18. The average molecular weight is 603 g/mol. The highest BCUT2D eigenvalue weighted by Crippen LogP contribution is 2.56. The average Bonchev–Trinajstić information content (AvgIpc) is 3.34. The van der Waals surface area contributed by atoms with E-state index in [1.165, 1.54) is 11.8 Å². The molecule has 9 heteroatoms. The molecule has 0 bridgehead atoms. The van der Waals surface area contributed by atoms with Crippen molar-refractivity contribution in [3.63, 3.8) is 0 Å². The third kappa shape index (κ3) is 6.07. The van der Waals surface area contributed by atoms with Gasteiger partial charge in [-0.15, -0.1) is 0 Å². The van der Waals surface area contributed by atoms with E-state index in [0.717, 1.165) is 22.0 Å². The molecule has 2 aliphatic rings. The Kier molecular flexibility index (Phi) is 8.70. The Morgan fingerprint density at radius 3 is 2.08 bits per heavy atom. The lowest BCUT2D eigenvalue weighted by atomic mass is 9.81. The maximum atomic E-state index is 14.1. The number of carbonyl (C=O) groups excluding carboxylic acids is 2. The van der Waals surface area contributed by atoms with Crippen LogP contribution in [0.25, 0.3) is 0 Å². The summed E-state index contributed by atoms with van der Waals surface area (Å²) in [6, 6.07) is 15.1. The molecule has 2 heterocycles. The predicted octanol–water partition coefficient (Wildman–Crippen LogP) is 7.81. The minimum atomic E-state index is -0.649. The molecule has 40 heavy (non-hydrogen) atoms. The van der Waals surface area contributed by atoms with Gasteiger partial charge in [-0.3, -0.25) is 9.59 Å². The second kappa shape index (κ2) is 11.4. The van der Waals surface area contributed by atoms with Gasteiger partial charge < -0.3 is 14.5 Å². The van der Waals surface area contributed by atoms with Gasteiger partial charge in [0.25, 0.3) is 5.91 Å². The number of rotatable bonds is 7. The number of carbonyl (C=O) groups is 2. The van der Waals surface area contributed by atoms with Gasteiger partial charge in [0, 0.05) is 21.8 Å². The van der Waals surface area contributed by atoms with Crippen LogP contribution in [0.5, 0.6) is 0 Å². The number of aliphatic imine (C=N–C) groups is 1. The van der Waals surface area contributed by atoms with Crippen molar-refractivity contribution in [3.8, 4) is 0 Å². The molecule has 2 aromatic carbocycles. The number of esters is 1. The lowest BCUT2D eigenvalue weighted by Crippen LogP contribution is -2.43. The number of fused-ring (bicyclic) bond motifs is 1. The molecule has 0 N–H and O–H groups in total. The molecule has 6 nitrogen and oxygen atoms in total. The lowest BCUT2D eigenvalue weighted by molar-refractivity contribution is -0.159. The molecule has 0 saturated heterocycles. The number of halogens is 2. The number of benzene rings is 2. The third-order valence-electron chi connectivity index (χ3n) is 6.97. The summed E-state index contributed by atoms with van der Waals surface area (Å²) in [5.41, 5.74) is 1.65. The smallest absolute Gasteiger partial charge is 0.326 e. The topological polar surface area (TPSA) is 62.2 Å². The van der Waals surface area contributed by atoms with Crippen LogP contribution in [0.2, 0.25) is 10.0 Å². The third-order valence-corrected chi connectivity index (χ3v) is 8.53. The van der Waals surface area contributed by atoms with Gasteiger partial charge >= 0.3 is 5.97 Å². The molecule has 0 aromatic heterocycles. The van der Waals surface area contributed by atoms with Crippen LogP contribution in [-0.4, -0.2) is 45.0 Å². The summed E-state index contributed by atoms with van der Waals surface area (Å²) in [6.07, 6.45) is 0. The summed E-state index contributed by atoms with van der Waals surface area (Å²) in [5, 5.41) is 2.06. The summed E-state index contributed by atoms with van der Waals surface area (Å²) in [6.45, 7) is 15.4. The normalized spacial score (nSPS) is 20.8. The molecule has 1 amide bonds. The van der Waals surface area contributed by atoms with Gasteiger partial charge in [0.05, 0.1) is 6.04 Å². The Morgan fingerprint density at radius 1 is 1.02 bits per heavy atom. The summed E-state index contributed by atoms with van der Waals surface area (Å²) < 4.78 is 5.54. The van der Waals surface area contributed by atoms with Crippen molar-refractivity contribution in [2.24, 2.45) is 10.9 Å². The summed E-state index contributed by atoms with van der Waals surface area (Å²) in [5.74, 6) is -0.622. The Morgan fingerprint density at radius 2 is 1.57 bits per heavy atom. The number of amides is 1. The molecule has 0 fully saturated rings. The fourth-order valence-electron chi connectivity index (χ4n) is 5.20. The second-order valence-corrected chi connectivity index (χ2v) is 13.8. The number of nitrogens with zero attached hydrogens (tertiary/aromatic N) is 3.